The second-order valence-electron chi connectivity index (χ2n) is 8.73. The zero-order valence-electron chi connectivity index (χ0n) is 19.7. The summed E-state index contributed by atoms with van der Waals surface area (Å²) in [5.74, 6) is -0.708. The van der Waals surface area contributed by atoms with Crippen LogP contribution in [-0.4, -0.2) is 35.9 Å². The Morgan fingerprint density at radius 2 is 1.67 bits per heavy atom. The largest absolute Gasteiger partial charge is 0.350 e. The number of amides is 2. The van der Waals surface area contributed by atoms with Gasteiger partial charge in [-0.1, -0.05) is 80.2 Å². The minimum atomic E-state index is -0.627. The molecule has 190 valence electrons. The molecule has 3 aromatic rings. The van der Waals surface area contributed by atoms with Crippen LogP contribution in [0.4, 0.5) is 4.39 Å². The summed E-state index contributed by atoms with van der Waals surface area (Å²) >= 11 is 0. The molecule has 36 heavy (non-hydrogen) atoms. The molecule has 0 fully saturated rings. The summed E-state index contributed by atoms with van der Waals surface area (Å²) in [6.07, 6.45) is 0.784. The summed E-state index contributed by atoms with van der Waals surface area (Å²) < 4.78 is 14.2. The Labute approximate surface area is 212 Å². The van der Waals surface area contributed by atoms with E-state index in [9.17, 15) is 14.0 Å². The van der Waals surface area contributed by atoms with Crippen LogP contribution in [0.25, 0.3) is 0 Å². The Kier molecular flexibility index (Phi) is 9.73. The van der Waals surface area contributed by atoms with E-state index in [-0.39, 0.29) is 37.9 Å². The SMILES string of the molecule is C.CON[C@@H](CC(=O)N1Cc2ccccc2CC1C(=O)NCc1ccccc1)Cc1ccccc1F. The first kappa shape index (κ1) is 27.0. The number of fused-ring (bicyclic) bond motifs is 1. The molecule has 0 bridgehead atoms. The van der Waals surface area contributed by atoms with E-state index in [1.165, 1.54) is 13.2 Å². The van der Waals surface area contributed by atoms with Crippen molar-refractivity contribution in [1.82, 2.24) is 15.7 Å². The molecule has 2 atom stereocenters. The molecule has 1 unspecified atom stereocenters. The van der Waals surface area contributed by atoms with Crippen molar-refractivity contribution in [2.24, 2.45) is 0 Å². The van der Waals surface area contributed by atoms with Crippen LogP contribution >= 0.6 is 0 Å². The molecule has 0 saturated heterocycles. The highest BCUT2D eigenvalue weighted by Crippen LogP contribution is 2.25. The standard InChI is InChI=1S/C28H30FN3O3.CH4/c1-35-31-24(15-22-12-7-8-14-25(22)29)17-27(33)32-19-23-13-6-5-11-21(23)16-26(32)28(34)30-18-20-9-3-2-4-10-20;/h2-14,24,26,31H,15-19H2,1H3,(H,30,34);1H4/t24-,26?;/m1./s1. The molecule has 0 saturated carbocycles. The first-order valence-corrected chi connectivity index (χ1v) is 11.7. The summed E-state index contributed by atoms with van der Waals surface area (Å²) in [6, 6.07) is 22.9. The molecule has 2 amide bonds. The van der Waals surface area contributed by atoms with Gasteiger partial charge in [0.25, 0.3) is 0 Å². The van der Waals surface area contributed by atoms with Gasteiger partial charge in [0.15, 0.2) is 0 Å². The van der Waals surface area contributed by atoms with Gasteiger partial charge in [-0.2, -0.15) is 5.48 Å². The van der Waals surface area contributed by atoms with Crippen LogP contribution in [0, 0.1) is 5.82 Å². The topological polar surface area (TPSA) is 70.7 Å². The first-order chi connectivity index (χ1) is 17.0. The van der Waals surface area contributed by atoms with Crippen molar-refractivity contribution in [3.05, 3.63) is 107 Å². The molecule has 7 heteroatoms. The lowest BCUT2D eigenvalue weighted by Gasteiger charge is -2.37. The predicted octanol–water partition coefficient (Wildman–Crippen LogP) is 4.18. The second-order valence-corrected chi connectivity index (χ2v) is 8.73. The van der Waals surface area contributed by atoms with E-state index in [2.05, 4.69) is 10.8 Å². The van der Waals surface area contributed by atoms with Gasteiger partial charge in [-0.05, 0) is 34.7 Å². The van der Waals surface area contributed by atoms with E-state index in [1.807, 2.05) is 54.6 Å². The molecule has 0 spiro atoms. The molecular weight excluding hydrogens is 457 g/mol. The Morgan fingerprint density at radius 1 is 1.00 bits per heavy atom. The molecule has 1 heterocycles. The third kappa shape index (κ3) is 6.77. The monoisotopic (exact) mass is 491 g/mol. The fraction of sp³-hybridized carbons (Fsp3) is 0.310. The van der Waals surface area contributed by atoms with Crippen LogP contribution in [-0.2, 0) is 40.4 Å². The average molecular weight is 492 g/mol. The molecule has 6 nitrogen and oxygen atoms in total. The van der Waals surface area contributed by atoms with Crippen molar-refractivity contribution in [3.8, 4) is 0 Å². The van der Waals surface area contributed by atoms with Crippen molar-refractivity contribution < 1.29 is 18.8 Å². The summed E-state index contributed by atoms with van der Waals surface area (Å²) in [5, 5.41) is 2.99. The Hall–Kier alpha value is -3.55. The van der Waals surface area contributed by atoms with Crippen molar-refractivity contribution in [3.63, 3.8) is 0 Å². The fourth-order valence-corrected chi connectivity index (χ4v) is 4.50. The van der Waals surface area contributed by atoms with Gasteiger partial charge in [-0.3, -0.25) is 9.59 Å². The lowest BCUT2D eigenvalue weighted by Crippen LogP contribution is -2.53. The van der Waals surface area contributed by atoms with Crippen LogP contribution in [0.1, 0.15) is 36.1 Å². The quantitative estimate of drug-likeness (QED) is 0.441. The van der Waals surface area contributed by atoms with Crippen molar-refractivity contribution in [2.45, 2.75) is 51.9 Å². The van der Waals surface area contributed by atoms with Gasteiger partial charge in [-0.25, -0.2) is 4.39 Å². The van der Waals surface area contributed by atoms with Gasteiger partial charge in [0.05, 0.1) is 7.11 Å². The van der Waals surface area contributed by atoms with E-state index < -0.39 is 12.1 Å². The molecule has 1 aliphatic rings. The van der Waals surface area contributed by atoms with Crippen LogP contribution < -0.4 is 10.8 Å². The van der Waals surface area contributed by atoms with Crippen molar-refractivity contribution in [1.29, 1.82) is 0 Å². The fourth-order valence-electron chi connectivity index (χ4n) is 4.50. The summed E-state index contributed by atoms with van der Waals surface area (Å²) in [6.45, 7) is 0.735. The summed E-state index contributed by atoms with van der Waals surface area (Å²) in [4.78, 5) is 33.5. The highest BCUT2D eigenvalue weighted by molar-refractivity contribution is 5.88. The van der Waals surface area contributed by atoms with E-state index >= 15 is 0 Å². The van der Waals surface area contributed by atoms with E-state index in [1.54, 1.807) is 23.1 Å². The Balaban J connectivity index is 0.00000361. The lowest BCUT2D eigenvalue weighted by atomic mass is 9.92. The van der Waals surface area contributed by atoms with Crippen LogP contribution in [0.5, 0.6) is 0 Å². The van der Waals surface area contributed by atoms with E-state index in [4.69, 9.17) is 4.84 Å². The van der Waals surface area contributed by atoms with Crippen LogP contribution in [0.2, 0.25) is 0 Å². The number of rotatable bonds is 9. The predicted molar refractivity (Wildman–Crippen MR) is 138 cm³/mol. The highest BCUT2D eigenvalue weighted by Gasteiger charge is 2.35. The van der Waals surface area contributed by atoms with Gasteiger partial charge in [0, 0.05) is 32.0 Å². The lowest BCUT2D eigenvalue weighted by molar-refractivity contribution is -0.142. The number of hydrogen-bond donors (Lipinski definition) is 2. The molecule has 3 aromatic carbocycles. The number of benzene rings is 3. The molecule has 0 aliphatic carbocycles. The maximum atomic E-state index is 14.2. The van der Waals surface area contributed by atoms with Crippen molar-refractivity contribution >= 4 is 11.8 Å². The van der Waals surface area contributed by atoms with Gasteiger partial charge >= 0.3 is 0 Å². The number of carbonyl (C=O) groups excluding carboxylic acids is 2. The minimum absolute atomic E-state index is 0. The first-order valence-electron chi connectivity index (χ1n) is 11.7. The van der Waals surface area contributed by atoms with Gasteiger partial charge in [-0.15, -0.1) is 0 Å². The van der Waals surface area contributed by atoms with Crippen LogP contribution in [0.3, 0.4) is 0 Å². The maximum Gasteiger partial charge on any atom is 0.243 e. The molecule has 4 rings (SSSR count). The number of carbonyl (C=O) groups is 2. The smallest absolute Gasteiger partial charge is 0.243 e. The number of nitrogens with one attached hydrogen (secondary N) is 2. The normalized spacial score (nSPS) is 15.4. The second kappa shape index (κ2) is 13.0. The number of hydroxylamine groups is 1. The zero-order valence-corrected chi connectivity index (χ0v) is 19.7. The van der Waals surface area contributed by atoms with Crippen LogP contribution in [0.15, 0.2) is 78.9 Å². The average Bonchev–Trinajstić information content (AvgIpc) is 2.88. The van der Waals surface area contributed by atoms with Crippen molar-refractivity contribution in [2.75, 3.05) is 7.11 Å². The number of halogens is 1. The molecule has 2 N–H and O–H groups in total. The minimum Gasteiger partial charge on any atom is -0.350 e. The summed E-state index contributed by atoms with van der Waals surface area (Å²) in [7, 11) is 1.47. The number of hydrogen-bond acceptors (Lipinski definition) is 4. The molecular formula is C29H34FN3O3. The zero-order chi connectivity index (χ0) is 24.6. The highest BCUT2D eigenvalue weighted by atomic mass is 19.1. The molecule has 0 radical (unpaired) electrons. The third-order valence-corrected chi connectivity index (χ3v) is 6.31. The van der Waals surface area contributed by atoms with Gasteiger partial charge in [0.1, 0.15) is 11.9 Å². The maximum absolute atomic E-state index is 14.2. The van der Waals surface area contributed by atoms with E-state index in [0.29, 0.717) is 25.1 Å². The molecule has 1 aliphatic heterocycles. The van der Waals surface area contributed by atoms with Gasteiger partial charge < -0.3 is 15.1 Å². The Morgan fingerprint density at radius 3 is 2.39 bits per heavy atom. The summed E-state index contributed by atoms with van der Waals surface area (Å²) in [5.41, 5.74) is 6.40. The molecule has 0 aromatic heterocycles. The Bertz CT molecular complexity index is 1160. The van der Waals surface area contributed by atoms with E-state index in [0.717, 1.165) is 16.7 Å². The van der Waals surface area contributed by atoms with Gasteiger partial charge in [0.2, 0.25) is 11.8 Å². The third-order valence-electron chi connectivity index (χ3n) is 6.31. The number of nitrogens with zero attached hydrogens (tertiary/aromatic N) is 1.